The number of carbonyl (C=O) groups is 2. The Morgan fingerprint density at radius 3 is 2.64 bits per heavy atom. The number of nitriles is 1. The van der Waals surface area contributed by atoms with Gasteiger partial charge in [0, 0.05) is 5.69 Å². The Morgan fingerprint density at radius 1 is 1.24 bits per heavy atom. The van der Waals surface area contributed by atoms with Crippen LogP contribution in [0.5, 0.6) is 5.75 Å². The molecule has 1 aliphatic rings. The molecule has 0 radical (unpaired) electrons. The van der Waals surface area contributed by atoms with Crippen LogP contribution < -0.4 is 15.8 Å². The van der Waals surface area contributed by atoms with Crippen LogP contribution in [0.25, 0.3) is 0 Å². The van der Waals surface area contributed by atoms with Gasteiger partial charge in [-0.05, 0) is 55.8 Å². The van der Waals surface area contributed by atoms with Crippen LogP contribution >= 0.6 is 0 Å². The van der Waals surface area contributed by atoms with Gasteiger partial charge in [0.1, 0.15) is 29.0 Å². The molecule has 1 unspecified atom stereocenters. The summed E-state index contributed by atoms with van der Waals surface area (Å²) in [6.07, 6.45) is 0. The largest absolute Gasteiger partial charge is 0.484 e. The number of nitrogens with one attached hydrogen (secondary N) is 1. The van der Waals surface area contributed by atoms with E-state index in [0.717, 1.165) is 0 Å². The maximum atomic E-state index is 13.0. The second-order valence-corrected chi connectivity index (χ2v) is 7.03. The number of rotatable bonds is 7. The topological polar surface area (TPSA) is 124 Å². The standard InChI is InChI=1S/C24H22FN3O5/c1-3-31-24(30)21-14(2)33-23(27)19(12-26)22(21)15-5-4-6-18(11-15)32-13-20(29)28-17-9-7-16(25)8-10-17/h4-11,22H,3,13,27H2,1-2H3,(H,28,29). The van der Waals surface area contributed by atoms with Crippen LogP contribution in [-0.2, 0) is 19.1 Å². The van der Waals surface area contributed by atoms with Gasteiger partial charge in [-0.3, -0.25) is 4.79 Å². The fourth-order valence-electron chi connectivity index (χ4n) is 3.35. The summed E-state index contributed by atoms with van der Waals surface area (Å²) in [6, 6.07) is 14.0. The third-order valence-corrected chi connectivity index (χ3v) is 4.79. The molecule has 1 amide bonds. The summed E-state index contributed by atoms with van der Waals surface area (Å²) in [5.41, 5.74) is 7.10. The third kappa shape index (κ3) is 5.49. The average molecular weight is 451 g/mol. The van der Waals surface area contributed by atoms with Gasteiger partial charge in [-0.1, -0.05) is 12.1 Å². The minimum absolute atomic E-state index is 0.0647. The quantitative estimate of drug-likeness (QED) is 0.618. The van der Waals surface area contributed by atoms with Crippen molar-refractivity contribution in [1.29, 1.82) is 5.26 Å². The van der Waals surface area contributed by atoms with E-state index in [1.807, 2.05) is 6.07 Å². The van der Waals surface area contributed by atoms with Crippen LogP contribution in [0.1, 0.15) is 25.3 Å². The number of benzene rings is 2. The fourth-order valence-corrected chi connectivity index (χ4v) is 3.35. The summed E-state index contributed by atoms with van der Waals surface area (Å²) in [7, 11) is 0. The lowest BCUT2D eigenvalue weighted by atomic mass is 9.83. The molecule has 0 bridgehead atoms. The highest BCUT2D eigenvalue weighted by Gasteiger charge is 2.36. The minimum Gasteiger partial charge on any atom is -0.484 e. The molecular weight excluding hydrogens is 429 g/mol. The van der Waals surface area contributed by atoms with E-state index in [1.165, 1.54) is 24.3 Å². The Bertz CT molecular complexity index is 1170. The predicted octanol–water partition coefficient (Wildman–Crippen LogP) is 3.49. The van der Waals surface area contributed by atoms with Crippen LogP contribution in [0.3, 0.4) is 0 Å². The second-order valence-electron chi connectivity index (χ2n) is 7.03. The molecule has 0 spiro atoms. The lowest BCUT2D eigenvalue weighted by molar-refractivity contribution is -0.139. The van der Waals surface area contributed by atoms with Crippen molar-refractivity contribution >= 4 is 17.6 Å². The van der Waals surface area contributed by atoms with E-state index in [9.17, 15) is 19.2 Å². The average Bonchev–Trinajstić information content (AvgIpc) is 2.79. The molecule has 1 aliphatic heterocycles. The molecule has 0 saturated carbocycles. The van der Waals surface area contributed by atoms with E-state index in [4.69, 9.17) is 19.9 Å². The predicted molar refractivity (Wildman–Crippen MR) is 117 cm³/mol. The molecule has 0 saturated heterocycles. The molecule has 1 heterocycles. The zero-order valence-electron chi connectivity index (χ0n) is 18.1. The molecule has 3 rings (SSSR count). The molecule has 1 atom stereocenters. The number of hydrogen-bond acceptors (Lipinski definition) is 7. The van der Waals surface area contributed by atoms with Gasteiger partial charge in [-0.25, -0.2) is 9.18 Å². The highest BCUT2D eigenvalue weighted by Crippen LogP contribution is 2.40. The Hall–Kier alpha value is -4.32. The number of amides is 1. The number of carbonyl (C=O) groups excluding carboxylic acids is 2. The lowest BCUT2D eigenvalue weighted by Gasteiger charge is -2.27. The van der Waals surface area contributed by atoms with Gasteiger partial charge in [-0.2, -0.15) is 5.26 Å². The summed E-state index contributed by atoms with van der Waals surface area (Å²) < 4.78 is 29.1. The number of esters is 1. The third-order valence-electron chi connectivity index (χ3n) is 4.79. The first-order chi connectivity index (χ1) is 15.8. The van der Waals surface area contributed by atoms with Crippen molar-refractivity contribution in [2.75, 3.05) is 18.5 Å². The van der Waals surface area contributed by atoms with Gasteiger partial charge in [0.25, 0.3) is 5.91 Å². The van der Waals surface area contributed by atoms with Crippen molar-refractivity contribution in [2.24, 2.45) is 5.73 Å². The molecule has 9 heteroatoms. The van der Waals surface area contributed by atoms with E-state index in [-0.39, 0.29) is 36.0 Å². The first-order valence-corrected chi connectivity index (χ1v) is 10.1. The van der Waals surface area contributed by atoms with Crippen LogP contribution in [0.2, 0.25) is 0 Å². The first-order valence-electron chi connectivity index (χ1n) is 10.1. The van der Waals surface area contributed by atoms with Crippen molar-refractivity contribution in [2.45, 2.75) is 19.8 Å². The number of allylic oxidation sites excluding steroid dienone is 2. The Morgan fingerprint density at radius 2 is 1.97 bits per heavy atom. The Labute approximate surface area is 190 Å². The van der Waals surface area contributed by atoms with Gasteiger partial charge in [-0.15, -0.1) is 0 Å². The van der Waals surface area contributed by atoms with Crippen molar-refractivity contribution in [3.05, 3.63) is 82.7 Å². The SMILES string of the molecule is CCOC(=O)C1=C(C)OC(N)=C(C#N)C1c1cccc(OCC(=O)Nc2ccc(F)cc2)c1. The number of ether oxygens (including phenoxy) is 3. The van der Waals surface area contributed by atoms with Crippen molar-refractivity contribution < 1.29 is 28.2 Å². The monoisotopic (exact) mass is 451 g/mol. The summed E-state index contributed by atoms with van der Waals surface area (Å²) in [5, 5.41) is 12.3. The summed E-state index contributed by atoms with van der Waals surface area (Å²) >= 11 is 0. The molecule has 2 aromatic rings. The van der Waals surface area contributed by atoms with E-state index in [0.29, 0.717) is 17.0 Å². The molecule has 0 aromatic heterocycles. The Kier molecular flexibility index (Phi) is 7.31. The molecule has 8 nitrogen and oxygen atoms in total. The summed E-state index contributed by atoms with van der Waals surface area (Å²) in [5.74, 6) is -1.82. The fraction of sp³-hybridized carbons (Fsp3) is 0.208. The van der Waals surface area contributed by atoms with Crippen molar-refractivity contribution in [3.8, 4) is 11.8 Å². The molecule has 0 fully saturated rings. The van der Waals surface area contributed by atoms with E-state index in [1.54, 1.807) is 38.1 Å². The van der Waals surface area contributed by atoms with Crippen LogP contribution in [0.15, 0.2) is 71.3 Å². The van der Waals surface area contributed by atoms with Gasteiger partial charge in [0.15, 0.2) is 6.61 Å². The molecule has 3 N–H and O–H groups in total. The van der Waals surface area contributed by atoms with Gasteiger partial charge in [0.2, 0.25) is 5.88 Å². The van der Waals surface area contributed by atoms with Gasteiger partial charge >= 0.3 is 5.97 Å². The van der Waals surface area contributed by atoms with Gasteiger partial charge < -0.3 is 25.3 Å². The number of nitrogens with two attached hydrogens (primary N) is 1. The molecule has 2 aromatic carbocycles. The summed E-state index contributed by atoms with van der Waals surface area (Å²) in [4.78, 5) is 24.8. The lowest BCUT2D eigenvalue weighted by Crippen LogP contribution is -2.25. The highest BCUT2D eigenvalue weighted by atomic mass is 19.1. The Balaban J connectivity index is 1.81. The second kappa shape index (κ2) is 10.3. The maximum Gasteiger partial charge on any atom is 0.338 e. The zero-order chi connectivity index (χ0) is 24.0. The van der Waals surface area contributed by atoms with E-state index in [2.05, 4.69) is 5.32 Å². The normalized spacial score (nSPS) is 15.4. The highest BCUT2D eigenvalue weighted by molar-refractivity contribution is 5.93. The number of anilines is 1. The van der Waals surface area contributed by atoms with Crippen LogP contribution in [0, 0.1) is 17.1 Å². The van der Waals surface area contributed by atoms with E-state index >= 15 is 0 Å². The smallest absolute Gasteiger partial charge is 0.338 e. The summed E-state index contributed by atoms with van der Waals surface area (Å²) in [6.45, 7) is 3.08. The molecule has 0 aliphatic carbocycles. The zero-order valence-corrected chi connectivity index (χ0v) is 18.1. The van der Waals surface area contributed by atoms with E-state index < -0.39 is 23.6 Å². The number of hydrogen-bond donors (Lipinski definition) is 2. The minimum atomic E-state index is -0.820. The first kappa shape index (κ1) is 23.3. The molecular formula is C24H22FN3O5. The van der Waals surface area contributed by atoms with Crippen molar-refractivity contribution in [3.63, 3.8) is 0 Å². The van der Waals surface area contributed by atoms with Crippen LogP contribution in [0.4, 0.5) is 10.1 Å². The molecule has 33 heavy (non-hydrogen) atoms. The maximum absolute atomic E-state index is 13.0. The number of nitrogens with zero attached hydrogens (tertiary/aromatic N) is 1. The van der Waals surface area contributed by atoms with Gasteiger partial charge in [0.05, 0.1) is 18.1 Å². The van der Waals surface area contributed by atoms with Crippen molar-refractivity contribution in [1.82, 2.24) is 0 Å². The number of halogens is 1. The molecule has 170 valence electrons. The van der Waals surface area contributed by atoms with Crippen LogP contribution in [-0.4, -0.2) is 25.1 Å².